The summed E-state index contributed by atoms with van der Waals surface area (Å²) in [6, 6.07) is 2.57. The highest BCUT2D eigenvalue weighted by Crippen LogP contribution is 2.20. The van der Waals surface area contributed by atoms with Gasteiger partial charge in [-0.3, -0.25) is 14.6 Å². The molecule has 0 radical (unpaired) electrons. The van der Waals surface area contributed by atoms with Crippen LogP contribution in [0.5, 0.6) is 0 Å². The minimum absolute atomic E-state index is 0.133. The van der Waals surface area contributed by atoms with E-state index in [0.717, 1.165) is 12.1 Å². The monoisotopic (exact) mass is 296 g/mol. The van der Waals surface area contributed by atoms with Crippen LogP contribution >= 0.6 is 0 Å². The van der Waals surface area contributed by atoms with Crippen LogP contribution in [0.4, 0.5) is 8.78 Å². The third kappa shape index (κ3) is 2.91. The molecule has 1 aromatic carbocycles. The van der Waals surface area contributed by atoms with Crippen molar-refractivity contribution in [3.05, 3.63) is 35.4 Å². The fourth-order valence-electron chi connectivity index (χ4n) is 2.11. The molecule has 112 valence electrons. The molecule has 1 aliphatic heterocycles. The fraction of sp³-hybridized carbons (Fsp3) is 0.357. The number of ether oxygens (including phenoxy) is 1. The van der Waals surface area contributed by atoms with Crippen LogP contribution in [0.25, 0.3) is 0 Å². The van der Waals surface area contributed by atoms with E-state index in [1.165, 1.54) is 13.0 Å². The number of amides is 1. The zero-order valence-corrected chi connectivity index (χ0v) is 11.5. The number of aliphatic imine (C=N–C) groups is 1. The summed E-state index contributed by atoms with van der Waals surface area (Å²) in [5.41, 5.74) is -0.417. The van der Waals surface area contributed by atoms with Crippen LogP contribution in [0.3, 0.4) is 0 Å². The molecule has 2 rings (SSSR count). The first-order chi connectivity index (χ1) is 9.95. The molecule has 2 unspecified atom stereocenters. The zero-order valence-electron chi connectivity index (χ0n) is 11.5. The summed E-state index contributed by atoms with van der Waals surface area (Å²) in [6.07, 6.45) is 0. The highest BCUT2D eigenvalue weighted by molar-refractivity contribution is 6.14. The molecule has 1 aliphatic rings. The summed E-state index contributed by atoms with van der Waals surface area (Å²) in [6.45, 7) is 3.26. The van der Waals surface area contributed by atoms with Crippen molar-refractivity contribution in [1.29, 1.82) is 0 Å². The summed E-state index contributed by atoms with van der Waals surface area (Å²) in [4.78, 5) is 27.7. The molecule has 2 atom stereocenters. The van der Waals surface area contributed by atoms with E-state index in [-0.39, 0.29) is 12.4 Å². The molecule has 0 saturated carbocycles. The Bertz CT molecular complexity index is 596. The second-order valence-corrected chi connectivity index (χ2v) is 4.53. The summed E-state index contributed by atoms with van der Waals surface area (Å²) in [7, 11) is 0. The van der Waals surface area contributed by atoms with Crippen LogP contribution in [-0.2, 0) is 14.3 Å². The van der Waals surface area contributed by atoms with Crippen molar-refractivity contribution < 1.29 is 23.1 Å². The summed E-state index contributed by atoms with van der Waals surface area (Å²) < 4.78 is 32.2. The molecule has 1 amide bonds. The Morgan fingerprint density at radius 2 is 2.00 bits per heavy atom. The van der Waals surface area contributed by atoms with E-state index in [2.05, 4.69) is 10.3 Å². The number of carbonyl (C=O) groups is 2. The van der Waals surface area contributed by atoms with Crippen molar-refractivity contribution in [2.45, 2.75) is 19.9 Å². The second-order valence-electron chi connectivity index (χ2n) is 4.53. The number of halogens is 2. The maximum atomic E-state index is 13.7. The van der Waals surface area contributed by atoms with Crippen LogP contribution in [0.15, 0.2) is 23.2 Å². The van der Waals surface area contributed by atoms with E-state index in [9.17, 15) is 18.4 Å². The highest BCUT2D eigenvalue weighted by Gasteiger charge is 2.38. The average molecular weight is 296 g/mol. The van der Waals surface area contributed by atoms with Crippen LogP contribution in [0.1, 0.15) is 19.4 Å². The van der Waals surface area contributed by atoms with E-state index in [1.54, 1.807) is 6.92 Å². The third-order valence-corrected chi connectivity index (χ3v) is 3.08. The van der Waals surface area contributed by atoms with Crippen LogP contribution in [-0.4, -0.2) is 30.4 Å². The van der Waals surface area contributed by atoms with E-state index in [0.29, 0.717) is 0 Å². The number of nitrogens with zero attached hydrogens (tertiary/aromatic N) is 1. The van der Waals surface area contributed by atoms with Gasteiger partial charge >= 0.3 is 5.97 Å². The number of rotatable bonds is 3. The minimum atomic E-state index is -1.12. The molecule has 0 fully saturated rings. The summed E-state index contributed by atoms with van der Waals surface area (Å²) in [5.74, 6) is -4.41. The maximum absolute atomic E-state index is 13.7. The van der Waals surface area contributed by atoms with Gasteiger partial charge in [-0.2, -0.15) is 0 Å². The van der Waals surface area contributed by atoms with Crippen molar-refractivity contribution in [2.24, 2.45) is 10.9 Å². The van der Waals surface area contributed by atoms with Gasteiger partial charge in [0, 0.05) is 0 Å². The fourth-order valence-corrected chi connectivity index (χ4v) is 2.11. The molecule has 1 heterocycles. The van der Waals surface area contributed by atoms with Gasteiger partial charge in [-0.15, -0.1) is 0 Å². The van der Waals surface area contributed by atoms with Crippen LogP contribution in [0, 0.1) is 17.6 Å². The molecule has 0 spiro atoms. The second kappa shape index (κ2) is 5.99. The number of hydrogen-bond donors (Lipinski definition) is 1. The number of amidine groups is 1. The molecule has 5 nitrogen and oxygen atoms in total. The van der Waals surface area contributed by atoms with Crippen LogP contribution in [0.2, 0.25) is 0 Å². The topological polar surface area (TPSA) is 67.8 Å². The SMILES string of the molecule is CCOC(=O)C1C(=O)NC(c2c(F)cccc2F)=NC1C. The Hall–Kier alpha value is -2.31. The maximum Gasteiger partial charge on any atom is 0.320 e. The number of benzene rings is 1. The molecular formula is C14H14F2N2O3. The molecule has 21 heavy (non-hydrogen) atoms. The van der Waals surface area contributed by atoms with E-state index in [4.69, 9.17) is 4.74 Å². The number of hydrogen-bond acceptors (Lipinski definition) is 4. The minimum Gasteiger partial charge on any atom is -0.465 e. The van der Waals surface area contributed by atoms with Gasteiger partial charge in [0.1, 0.15) is 17.5 Å². The number of nitrogens with one attached hydrogen (secondary N) is 1. The van der Waals surface area contributed by atoms with Crippen LogP contribution < -0.4 is 5.32 Å². The lowest BCUT2D eigenvalue weighted by Crippen LogP contribution is -2.49. The third-order valence-electron chi connectivity index (χ3n) is 3.08. The number of esters is 1. The molecule has 0 saturated heterocycles. The zero-order chi connectivity index (χ0) is 15.6. The van der Waals surface area contributed by atoms with Gasteiger partial charge in [0.15, 0.2) is 5.92 Å². The Morgan fingerprint density at radius 3 is 2.52 bits per heavy atom. The summed E-state index contributed by atoms with van der Waals surface area (Å²) >= 11 is 0. The quantitative estimate of drug-likeness (QED) is 0.677. The first kappa shape index (κ1) is 15.1. The summed E-state index contributed by atoms with van der Waals surface area (Å²) in [5, 5.41) is 2.26. The van der Waals surface area contributed by atoms with Gasteiger partial charge in [0.2, 0.25) is 5.91 Å². The van der Waals surface area contributed by atoms with E-state index >= 15 is 0 Å². The predicted molar refractivity (Wildman–Crippen MR) is 70.6 cm³/mol. The Kier molecular flexibility index (Phi) is 4.30. The molecule has 7 heteroatoms. The molecule has 1 aromatic rings. The Balaban J connectivity index is 2.36. The highest BCUT2D eigenvalue weighted by atomic mass is 19.1. The molecule has 0 bridgehead atoms. The molecule has 1 N–H and O–H groups in total. The average Bonchev–Trinajstić information content (AvgIpc) is 2.38. The first-order valence-electron chi connectivity index (χ1n) is 6.45. The Labute approximate surface area is 120 Å². The lowest BCUT2D eigenvalue weighted by Gasteiger charge is -2.25. The van der Waals surface area contributed by atoms with Crippen molar-refractivity contribution >= 4 is 17.7 Å². The Morgan fingerprint density at radius 1 is 1.38 bits per heavy atom. The van der Waals surface area contributed by atoms with Crippen molar-refractivity contribution in [1.82, 2.24) is 5.32 Å². The predicted octanol–water partition coefficient (Wildman–Crippen LogP) is 1.41. The number of carbonyl (C=O) groups excluding carboxylic acids is 2. The smallest absolute Gasteiger partial charge is 0.320 e. The lowest BCUT2D eigenvalue weighted by atomic mass is 9.98. The van der Waals surface area contributed by atoms with Gasteiger partial charge < -0.3 is 10.1 Å². The van der Waals surface area contributed by atoms with Gasteiger partial charge in [0.25, 0.3) is 0 Å². The van der Waals surface area contributed by atoms with E-state index < -0.39 is 41.0 Å². The van der Waals surface area contributed by atoms with Gasteiger partial charge in [0.05, 0.1) is 18.2 Å². The first-order valence-corrected chi connectivity index (χ1v) is 6.45. The van der Waals surface area contributed by atoms with Crippen molar-refractivity contribution in [3.8, 4) is 0 Å². The molecule has 0 aromatic heterocycles. The van der Waals surface area contributed by atoms with Gasteiger partial charge in [-0.25, -0.2) is 8.78 Å². The molecule has 0 aliphatic carbocycles. The molecular weight excluding hydrogens is 282 g/mol. The normalized spacial score (nSPS) is 21.5. The van der Waals surface area contributed by atoms with Crippen molar-refractivity contribution in [2.75, 3.05) is 6.61 Å². The van der Waals surface area contributed by atoms with Gasteiger partial charge in [-0.05, 0) is 26.0 Å². The van der Waals surface area contributed by atoms with E-state index in [1.807, 2.05) is 0 Å². The lowest BCUT2D eigenvalue weighted by molar-refractivity contribution is -0.152. The van der Waals surface area contributed by atoms with Gasteiger partial charge in [-0.1, -0.05) is 6.07 Å². The van der Waals surface area contributed by atoms with Crippen molar-refractivity contribution in [3.63, 3.8) is 0 Å². The largest absolute Gasteiger partial charge is 0.465 e. The standard InChI is InChI=1S/C14H14F2N2O3/c1-3-21-14(20)10-7(2)17-12(18-13(10)19)11-8(15)5-4-6-9(11)16/h4-7,10H,3H2,1-2H3,(H,17,18,19).